The van der Waals surface area contributed by atoms with Crippen LogP contribution in [0, 0.1) is 5.92 Å². The summed E-state index contributed by atoms with van der Waals surface area (Å²) in [5.41, 5.74) is 0.476. The molecular formula is C19H26ClN3O4S. The molecule has 2 amide bonds. The number of nitrogens with zero attached hydrogens (tertiary/aromatic N) is 2. The zero-order valence-corrected chi connectivity index (χ0v) is 17.5. The number of sulfonamides is 1. The van der Waals surface area contributed by atoms with Crippen LogP contribution in [0.3, 0.4) is 0 Å². The van der Waals surface area contributed by atoms with Crippen LogP contribution in [0.4, 0.5) is 0 Å². The van der Waals surface area contributed by atoms with Crippen molar-refractivity contribution in [1.29, 1.82) is 0 Å². The third-order valence-corrected chi connectivity index (χ3v) is 7.61. The summed E-state index contributed by atoms with van der Waals surface area (Å²) in [7, 11) is -3.85. The second-order valence-corrected chi connectivity index (χ2v) is 9.43. The lowest BCUT2D eigenvalue weighted by molar-refractivity contribution is 0.0704. The first kappa shape index (κ1) is 21.1. The number of likely N-dealkylation sites (tertiary alicyclic amines) is 1. The van der Waals surface area contributed by atoms with E-state index in [9.17, 15) is 18.0 Å². The number of hydrogen-bond donors (Lipinski definition) is 1. The van der Waals surface area contributed by atoms with E-state index in [0.717, 1.165) is 29.6 Å². The van der Waals surface area contributed by atoms with E-state index in [0.29, 0.717) is 24.7 Å². The molecule has 0 bridgehead atoms. The molecule has 9 heteroatoms. The maximum Gasteiger partial charge on any atom is 0.268 e. The van der Waals surface area contributed by atoms with Crippen molar-refractivity contribution in [3.8, 4) is 0 Å². The van der Waals surface area contributed by atoms with E-state index in [1.54, 1.807) is 17.9 Å². The van der Waals surface area contributed by atoms with Crippen molar-refractivity contribution < 1.29 is 18.0 Å². The summed E-state index contributed by atoms with van der Waals surface area (Å²) in [4.78, 5) is 26.8. The number of rotatable bonds is 5. The molecule has 1 aromatic rings. The molecule has 28 heavy (non-hydrogen) atoms. The third-order valence-electron chi connectivity index (χ3n) is 5.72. The van der Waals surface area contributed by atoms with E-state index in [2.05, 4.69) is 5.32 Å². The normalized spacial score (nSPS) is 21.4. The topological polar surface area (TPSA) is 86.8 Å². The van der Waals surface area contributed by atoms with Crippen molar-refractivity contribution in [2.45, 2.75) is 43.5 Å². The summed E-state index contributed by atoms with van der Waals surface area (Å²) < 4.78 is 25.9. The summed E-state index contributed by atoms with van der Waals surface area (Å²) in [6.45, 7) is 4.09. The summed E-state index contributed by atoms with van der Waals surface area (Å²) >= 11 is 0. The largest absolute Gasteiger partial charge is 0.339 e. The van der Waals surface area contributed by atoms with Crippen LogP contribution in [-0.2, 0) is 10.0 Å². The fraction of sp³-hybridized carbons (Fsp3) is 0.579. The van der Waals surface area contributed by atoms with E-state index in [-0.39, 0.29) is 35.3 Å². The number of carbonyl (C=O) groups is 2. The molecule has 1 saturated heterocycles. The van der Waals surface area contributed by atoms with Gasteiger partial charge in [-0.2, -0.15) is 0 Å². The van der Waals surface area contributed by atoms with E-state index < -0.39 is 15.9 Å². The van der Waals surface area contributed by atoms with Crippen LogP contribution in [0.1, 0.15) is 53.3 Å². The maximum absolute atomic E-state index is 12.8. The highest BCUT2D eigenvalue weighted by Crippen LogP contribution is 2.31. The van der Waals surface area contributed by atoms with Gasteiger partial charge in [-0.05, 0) is 63.3 Å². The molecule has 4 rings (SSSR count). The first-order chi connectivity index (χ1) is 12.9. The molecule has 1 aliphatic carbocycles. The summed E-state index contributed by atoms with van der Waals surface area (Å²) in [5.74, 6) is 0.147. The smallest absolute Gasteiger partial charge is 0.268 e. The molecular weight excluding hydrogens is 402 g/mol. The van der Waals surface area contributed by atoms with Crippen molar-refractivity contribution in [2.24, 2.45) is 5.92 Å². The molecule has 1 N–H and O–H groups in total. The third kappa shape index (κ3) is 3.77. The maximum atomic E-state index is 12.8. The number of carbonyl (C=O) groups excluding carboxylic acids is 2. The Hall–Kier alpha value is -1.64. The van der Waals surface area contributed by atoms with Crippen molar-refractivity contribution >= 4 is 34.2 Å². The lowest BCUT2D eigenvalue weighted by Gasteiger charge is -2.32. The molecule has 7 nitrogen and oxygen atoms in total. The van der Waals surface area contributed by atoms with Crippen LogP contribution >= 0.6 is 12.4 Å². The van der Waals surface area contributed by atoms with Crippen LogP contribution < -0.4 is 5.32 Å². The van der Waals surface area contributed by atoms with Gasteiger partial charge in [0.1, 0.15) is 4.90 Å². The highest BCUT2D eigenvalue weighted by atomic mass is 35.5. The van der Waals surface area contributed by atoms with Crippen LogP contribution in [0.15, 0.2) is 23.1 Å². The molecule has 2 heterocycles. The van der Waals surface area contributed by atoms with Gasteiger partial charge in [0.15, 0.2) is 0 Å². The number of halogens is 1. The number of benzene rings is 1. The Morgan fingerprint density at radius 2 is 1.86 bits per heavy atom. The lowest BCUT2D eigenvalue weighted by Crippen LogP contribution is -2.45. The lowest BCUT2D eigenvalue weighted by atomic mass is 10.0. The van der Waals surface area contributed by atoms with Crippen molar-refractivity contribution in [3.63, 3.8) is 0 Å². The zero-order chi connectivity index (χ0) is 19.2. The van der Waals surface area contributed by atoms with Crippen molar-refractivity contribution in [1.82, 2.24) is 14.5 Å². The van der Waals surface area contributed by atoms with Crippen LogP contribution in [-0.4, -0.2) is 61.7 Å². The summed E-state index contributed by atoms with van der Waals surface area (Å²) in [6, 6.07) is 4.83. The monoisotopic (exact) mass is 427 g/mol. The first-order valence-corrected chi connectivity index (χ1v) is 11.1. The SMILES string of the molecule is CCN1C(=O)c2ccc(C(=O)N3CCC(NCC4CC4)CC3)cc2S1(=O)=O.Cl. The Balaban J connectivity index is 0.00000225. The minimum atomic E-state index is -3.85. The summed E-state index contributed by atoms with van der Waals surface area (Å²) in [6.07, 6.45) is 4.46. The van der Waals surface area contributed by atoms with Gasteiger partial charge in [0.25, 0.3) is 21.8 Å². The standard InChI is InChI=1S/C19H25N3O4S.ClH/c1-2-22-19(24)16-6-5-14(11-17(16)27(22,25)26)18(23)21-9-7-15(8-10-21)20-12-13-3-4-13;/h5-6,11,13,15,20H,2-4,7-10,12H2,1H3;1H. The van der Waals surface area contributed by atoms with Gasteiger partial charge in [-0.3, -0.25) is 9.59 Å². The second kappa shape index (κ2) is 8.00. The Bertz CT molecular complexity index is 877. The average Bonchev–Trinajstić information content (AvgIpc) is 3.47. The minimum absolute atomic E-state index is 0. The van der Waals surface area contributed by atoms with Gasteiger partial charge in [0.05, 0.1) is 5.56 Å². The van der Waals surface area contributed by atoms with Crippen LogP contribution in [0.2, 0.25) is 0 Å². The number of hydrogen-bond acceptors (Lipinski definition) is 5. The Morgan fingerprint density at radius 3 is 2.46 bits per heavy atom. The van der Waals surface area contributed by atoms with Crippen molar-refractivity contribution in [3.05, 3.63) is 29.3 Å². The van der Waals surface area contributed by atoms with Gasteiger partial charge in [0.2, 0.25) is 0 Å². The Kier molecular flexibility index (Phi) is 6.03. The molecule has 2 fully saturated rings. The minimum Gasteiger partial charge on any atom is -0.339 e. The fourth-order valence-electron chi connectivity index (χ4n) is 3.85. The first-order valence-electron chi connectivity index (χ1n) is 9.65. The van der Waals surface area contributed by atoms with Gasteiger partial charge >= 0.3 is 0 Å². The second-order valence-electron chi connectivity index (χ2n) is 7.60. The van der Waals surface area contributed by atoms with Crippen LogP contribution in [0.25, 0.3) is 0 Å². The number of nitrogens with one attached hydrogen (secondary N) is 1. The highest BCUT2D eigenvalue weighted by Gasteiger charge is 2.40. The molecule has 3 aliphatic rings. The number of piperidine rings is 1. The average molecular weight is 428 g/mol. The number of fused-ring (bicyclic) bond motifs is 1. The molecule has 0 aromatic heterocycles. The Labute approximate surface area is 171 Å². The predicted octanol–water partition coefficient (Wildman–Crippen LogP) is 1.88. The summed E-state index contributed by atoms with van der Waals surface area (Å²) in [5, 5.41) is 3.58. The van der Waals surface area contributed by atoms with E-state index in [4.69, 9.17) is 0 Å². The van der Waals surface area contributed by atoms with Gasteiger partial charge in [0, 0.05) is 31.2 Å². The van der Waals surface area contributed by atoms with E-state index >= 15 is 0 Å². The van der Waals surface area contributed by atoms with Gasteiger partial charge in [-0.25, -0.2) is 12.7 Å². The Morgan fingerprint density at radius 1 is 1.18 bits per heavy atom. The molecule has 2 aliphatic heterocycles. The molecule has 0 unspecified atom stereocenters. The zero-order valence-electron chi connectivity index (χ0n) is 15.9. The van der Waals surface area contributed by atoms with E-state index in [1.807, 2.05) is 0 Å². The van der Waals surface area contributed by atoms with Gasteiger partial charge in [-0.1, -0.05) is 0 Å². The van der Waals surface area contributed by atoms with Gasteiger partial charge in [-0.15, -0.1) is 12.4 Å². The van der Waals surface area contributed by atoms with Crippen molar-refractivity contribution in [2.75, 3.05) is 26.2 Å². The van der Waals surface area contributed by atoms with Gasteiger partial charge < -0.3 is 10.2 Å². The molecule has 0 spiro atoms. The molecule has 0 radical (unpaired) electrons. The molecule has 0 atom stereocenters. The molecule has 154 valence electrons. The molecule has 1 aromatic carbocycles. The fourth-order valence-corrected chi connectivity index (χ4v) is 5.45. The number of amides is 2. The highest BCUT2D eigenvalue weighted by molar-refractivity contribution is 7.90. The van der Waals surface area contributed by atoms with E-state index in [1.165, 1.54) is 25.0 Å². The predicted molar refractivity (Wildman–Crippen MR) is 107 cm³/mol. The quantitative estimate of drug-likeness (QED) is 0.775. The molecule has 1 saturated carbocycles. The van der Waals surface area contributed by atoms with Crippen LogP contribution in [0.5, 0.6) is 0 Å².